The quantitative estimate of drug-likeness (QED) is 0.372. The summed E-state index contributed by atoms with van der Waals surface area (Å²) in [5, 5.41) is 2.31. The van der Waals surface area contributed by atoms with E-state index < -0.39 is 0 Å². The van der Waals surface area contributed by atoms with Crippen molar-refractivity contribution in [3.63, 3.8) is 0 Å². The van der Waals surface area contributed by atoms with Crippen LogP contribution >= 0.6 is 11.3 Å². The van der Waals surface area contributed by atoms with Gasteiger partial charge in [0.15, 0.2) is 5.78 Å². The molecular weight excluding hydrogens is 302 g/mol. The predicted octanol–water partition coefficient (Wildman–Crippen LogP) is 5.29. The lowest BCUT2D eigenvalue weighted by Gasteiger charge is -1.98. The molecule has 2 aromatic carbocycles. The molecule has 0 N–H and O–H groups in total. The van der Waals surface area contributed by atoms with Crippen molar-refractivity contribution in [3.05, 3.63) is 77.3 Å². The lowest BCUT2D eigenvalue weighted by molar-refractivity contribution is 0.105. The average molecular weight is 317 g/mol. The van der Waals surface area contributed by atoms with Crippen molar-refractivity contribution >= 4 is 44.2 Å². The maximum absolute atomic E-state index is 12.4. The van der Waals surface area contributed by atoms with Gasteiger partial charge in [-0.05, 0) is 41.8 Å². The molecule has 4 aromatic rings. The molecule has 0 fully saturated rings. The monoisotopic (exact) mass is 317 g/mol. The van der Waals surface area contributed by atoms with Crippen LogP contribution in [0.4, 0.5) is 0 Å². The lowest BCUT2D eigenvalue weighted by atomic mass is 10.2. The van der Waals surface area contributed by atoms with Crippen molar-refractivity contribution in [2.24, 2.45) is 7.05 Å². The molecule has 0 atom stereocenters. The number of benzene rings is 2. The van der Waals surface area contributed by atoms with Crippen molar-refractivity contribution in [1.29, 1.82) is 0 Å². The Bertz CT molecular complexity index is 1020. The molecule has 3 heteroatoms. The Morgan fingerprint density at radius 3 is 2.52 bits per heavy atom. The highest BCUT2D eigenvalue weighted by atomic mass is 32.1. The van der Waals surface area contributed by atoms with Gasteiger partial charge in [0.1, 0.15) is 0 Å². The Balaban J connectivity index is 1.66. The molecule has 2 aromatic heterocycles. The molecule has 0 aliphatic heterocycles. The topological polar surface area (TPSA) is 22.0 Å². The largest absolute Gasteiger partial charge is 0.344 e. The van der Waals surface area contributed by atoms with E-state index in [9.17, 15) is 4.79 Å². The lowest BCUT2D eigenvalue weighted by Crippen LogP contribution is -1.92. The van der Waals surface area contributed by atoms with Crippen LogP contribution in [-0.2, 0) is 7.05 Å². The minimum absolute atomic E-state index is 0.0523. The van der Waals surface area contributed by atoms with E-state index in [0.29, 0.717) is 0 Å². The third kappa shape index (κ3) is 2.49. The molecule has 0 aliphatic carbocycles. The summed E-state index contributed by atoms with van der Waals surface area (Å²) < 4.78 is 3.25. The van der Waals surface area contributed by atoms with Crippen LogP contribution in [-0.4, -0.2) is 10.4 Å². The molecule has 0 unspecified atom stereocenters. The Kier molecular flexibility index (Phi) is 3.36. The fraction of sp³-hybridized carbons (Fsp3) is 0.0500. The number of para-hydroxylation sites is 1. The second kappa shape index (κ2) is 5.52. The SMILES string of the molecule is Cn1c(C=CC(=O)c2cc3ccccc3s2)cc2ccccc21. The number of ketones is 1. The molecular formula is C20H15NOS. The molecule has 0 spiro atoms. The molecule has 4 rings (SSSR count). The van der Waals surface area contributed by atoms with Gasteiger partial charge < -0.3 is 4.57 Å². The van der Waals surface area contributed by atoms with E-state index in [1.165, 1.54) is 10.9 Å². The van der Waals surface area contributed by atoms with Crippen molar-refractivity contribution < 1.29 is 4.79 Å². The third-order valence-corrected chi connectivity index (χ3v) is 5.19. The van der Waals surface area contributed by atoms with E-state index in [0.717, 1.165) is 20.7 Å². The van der Waals surface area contributed by atoms with Crippen LogP contribution in [0.25, 0.3) is 27.1 Å². The second-order valence-corrected chi connectivity index (χ2v) is 6.62. The van der Waals surface area contributed by atoms with E-state index in [4.69, 9.17) is 0 Å². The Morgan fingerprint density at radius 1 is 1.00 bits per heavy atom. The molecule has 0 saturated heterocycles. The molecule has 2 nitrogen and oxygen atoms in total. The fourth-order valence-corrected chi connectivity index (χ4v) is 3.80. The summed E-state index contributed by atoms with van der Waals surface area (Å²) in [5.41, 5.74) is 2.20. The molecule has 0 bridgehead atoms. The number of hydrogen-bond acceptors (Lipinski definition) is 2. The van der Waals surface area contributed by atoms with Gasteiger partial charge in [-0.3, -0.25) is 4.79 Å². The zero-order valence-electron chi connectivity index (χ0n) is 12.7. The van der Waals surface area contributed by atoms with Gasteiger partial charge in [0, 0.05) is 28.3 Å². The van der Waals surface area contributed by atoms with Gasteiger partial charge in [0.25, 0.3) is 0 Å². The molecule has 0 aliphatic rings. The van der Waals surface area contributed by atoms with Crippen molar-refractivity contribution in [1.82, 2.24) is 4.57 Å². The summed E-state index contributed by atoms with van der Waals surface area (Å²) in [6.45, 7) is 0. The first-order valence-corrected chi connectivity index (χ1v) is 8.29. The standard InChI is InChI=1S/C20H15NOS/c1-21-16(12-14-6-2-4-8-17(14)21)10-11-18(22)20-13-15-7-3-5-9-19(15)23-20/h2-13H,1H3. The highest BCUT2D eigenvalue weighted by Gasteiger charge is 2.08. The number of aryl methyl sites for hydroxylation is 1. The molecule has 112 valence electrons. The number of aromatic nitrogens is 1. The van der Waals surface area contributed by atoms with Crippen LogP contribution in [0.1, 0.15) is 15.4 Å². The Hall–Kier alpha value is -2.65. The van der Waals surface area contributed by atoms with Crippen LogP contribution in [0.5, 0.6) is 0 Å². The molecule has 0 radical (unpaired) electrons. The number of fused-ring (bicyclic) bond motifs is 2. The summed E-state index contributed by atoms with van der Waals surface area (Å²) in [6, 6.07) is 20.4. The smallest absolute Gasteiger partial charge is 0.195 e. The maximum Gasteiger partial charge on any atom is 0.195 e. The first kappa shape index (κ1) is 14.0. The van der Waals surface area contributed by atoms with E-state index >= 15 is 0 Å². The van der Waals surface area contributed by atoms with Crippen molar-refractivity contribution in [3.8, 4) is 0 Å². The number of carbonyl (C=O) groups excluding carboxylic acids is 1. The van der Waals surface area contributed by atoms with E-state index in [2.05, 4.69) is 22.8 Å². The first-order valence-electron chi connectivity index (χ1n) is 7.48. The third-order valence-electron chi connectivity index (χ3n) is 4.06. The summed E-state index contributed by atoms with van der Waals surface area (Å²) in [7, 11) is 2.02. The molecule has 23 heavy (non-hydrogen) atoms. The zero-order chi connectivity index (χ0) is 15.8. The average Bonchev–Trinajstić information content (AvgIpc) is 3.15. The molecule has 2 heterocycles. The van der Waals surface area contributed by atoms with Crippen molar-refractivity contribution in [2.45, 2.75) is 0 Å². The van der Waals surface area contributed by atoms with Gasteiger partial charge in [0.2, 0.25) is 0 Å². The summed E-state index contributed by atoms with van der Waals surface area (Å²) >= 11 is 1.54. The number of allylic oxidation sites excluding steroid dienone is 1. The number of nitrogens with zero attached hydrogens (tertiary/aromatic N) is 1. The van der Waals surface area contributed by atoms with Crippen LogP contribution in [0.2, 0.25) is 0 Å². The Labute approximate surface area is 138 Å². The van der Waals surface area contributed by atoms with Gasteiger partial charge >= 0.3 is 0 Å². The fourth-order valence-electron chi connectivity index (χ4n) is 2.82. The number of hydrogen-bond donors (Lipinski definition) is 0. The summed E-state index contributed by atoms with van der Waals surface area (Å²) in [5.74, 6) is 0.0523. The summed E-state index contributed by atoms with van der Waals surface area (Å²) in [6.07, 6.45) is 3.56. The van der Waals surface area contributed by atoms with Crippen LogP contribution < -0.4 is 0 Å². The van der Waals surface area contributed by atoms with Crippen LogP contribution in [0, 0.1) is 0 Å². The highest BCUT2D eigenvalue weighted by Crippen LogP contribution is 2.26. The molecule has 0 amide bonds. The van der Waals surface area contributed by atoms with E-state index in [1.54, 1.807) is 17.4 Å². The number of thiophene rings is 1. The van der Waals surface area contributed by atoms with Crippen LogP contribution in [0.15, 0.2) is 66.7 Å². The van der Waals surface area contributed by atoms with Gasteiger partial charge in [0.05, 0.1) is 4.88 Å². The second-order valence-electron chi connectivity index (χ2n) is 5.53. The van der Waals surface area contributed by atoms with Gasteiger partial charge in [-0.25, -0.2) is 0 Å². The minimum Gasteiger partial charge on any atom is -0.344 e. The molecule has 0 saturated carbocycles. The number of rotatable bonds is 3. The van der Waals surface area contributed by atoms with Gasteiger partial charge in [-0.2, -0.15) is 0 Å². The van der Waals surface area contributed by atoms with E-state index in [-0.39, 0.29) is 5.78 Å². The maximum atomic E-state index is 12.4. The van der Waals surface area contributed by atoms with E-state index in [1.807, 2.05) is 55.6 Å². The first-order chi connectivity index (χ1) is 11.2. The van der Waals surface area contributed by atoms with Crippen LogP contribution in [0.3, 0.4) is 0 Å². The zero-order valence-corrected chi connectivity index (χ0v) is 13.5. The van der Waals surface area contributed by atoms with Gasteiger partial charge in [-0.1, -0.05) is 36.4 Å². The minimum atomic E-state index is 0.0523. The summed E-state index contributed by atoms with van der Waals surface area (Å²) in [4.78, 5) is 13.2. The van der Waals surface area contributed by atoms with Gasteiger partial charge in [-0.15, -0.1) is 11.3 Å². The predicted molar refractivity (Wildman–Crippen MR) is 98.1 cm³/mol. The number of carbonyl (C=O) groups is 1. The Morgan fingerprint density at radius 2 is 1.74 bits per heavy atom. The normalized spacial score (nSPS) is 11.7. The highest BCUT2D eigenvalue weighted by molar-refractivity contribution is 7.21. The van der Waals surface area contributed by atoms with Crippen molar-refractivity contribution in [2.75, 3.05) is 0 Å².